The fraction of sp³-hybridized carbons (Fsp3) is 0.200. The summed E-state index contributed by atoms with van der Waals surface area (Å²) in [6.45, 7) is 1.39. The quantitative estimate of drug-likeness (QED) is 0.795. The minimum Gasteiger partial charge on any atom is -0.398 e. The van der Waals surface area contributed by atoms with E-state index in [1.807, 2.05) is 30.3 Å². The van der Waals surface area contributed by atoms with Crippen molar-refractivity contribution in [2.75, 3.05) is 12.0 Å². The third-order valence-electron chi connectivity index (χ3n) is 3.07. The van der Waals surface area contributed by atoms with Gasteiger partial charge in [0.1, 0.15) is 0 Å². The second kappa shape index (κ2) is 6.60. The molecule has 0 saturated carbocycles. The number of sulfone groups is 1. The molecule has 0 saturated heterocycles. The van der Waals surface area contributed by atoms with Crippen molar-refractivity contribution in [2.45, 2.75) is 18.0 Å². The minimum absolute atomic E-state index is 0.341. The van der Waals surface area contributed by atoms with E-state index < -0.39 is 9.84 Å². The average molecular weight is 369 g/mol. The van der Waals surface area contributed by atoms with E-state index in [0.717, 1.165) is 21.3 Å². The summed E-state index contributed by atoms with van der Waals surface area (Å²) in [6, 6.07) is 12.7. The first-order valence-corrected chi connectivity index (χ1v) is 9.08. The summed E-state index contributed by atoms with van der Waals surface area (Å²) in [5.41, 5.74) is 8.63. The van der Waals surface area contributed by atoms with Gasteiger partial charge < -0.3 is 11.1 Å². The van der Waals surface area contributed by atoms with Crippen LogP contribution in [0.15, 0.2) is 51.8 Å². The maximum absolute atomic E-state index is 11.4. The predicted molar refractivity (Wildman–Crippen MR) is 88.6 cm³/mol. The van der Waals surface area contributed by atoms with Crippen molar-refractivity contribution in [1.82, 2.24) is 5.32 Å². The van der Waals surface area contributed by atoms with E-state index in [-0.39, 0.29) is 0 Å². The molecule has 2 aromatic carbocycles. The number of nitrogens with two attached hydrogens (primary N) is 1. The van der Waals surface area contributed by atoms with E-state index in [2.05, 4.69) is 21.2 Å². The number of halogens is 1. The molecule has 0 radical (unpaired) electrons. The topological polar surface area (TPSA) is 72.2 Å². The number of benzene rings is 2. The molecule has 6 heteroatoms. The van der Waals surface area contributed by atoms with Crippen LogP contribution in [0.3, 0.4) is 0 Å². The molecule has 4 nitrogen and oxygen atoms in total. The number of rotatable bonds is 5. The van der Waals surface area contributed by atoms with E-state index in [0.29, 0.717) is 18.0 Å². The van der Waals surface area contributed by atoms with Crippen LogP contribution < -0.4 is 11.1 Å². The largest absolute Gasteiger partial charge is 0.398 e. The third kappa shape index (κ3) is 4.56. The average Bonchev–Trinajstić information content (AvgIpc) is 2.42. The van der Waals surface area contributed by atoms with Gasteiger partial charge in [-0.3, -0.25) is 0 Å². The van der Waals surface area contributed by atoms with Crippen molar-refractivity contribution >= 4 is 31.5 Å². The molecule has 0 bridgehead atoms. The van der Waals surface area contributed by atoms with E-state index >= 15 is 0 Å². The van der Waals surface area contributed by atoms with Gasteiger partial charge in [0.15, 0.2) is 9.84 Å². The first kappa shape index (κ1) is 16.0. The molecule has 2 aromatic rings. The Balaban J connectivity index is 1.93. The molecule has 0 aromatic heterocycles. The standard InChI is InChI=1S/C15H17BrN2O2S/c1-21(19,20)13-5-2-11(3-6-13)9-18-10-12-4-7-15(17)14(16)8-12/h2-8,18H,9-10,17H2,1H3. The lowest BCUT2D eigenvalue weighted by Gasteiger charge is -2.07. The molecular formula is C15H17BrN2O2S. The van der Waals surface area contributed by atoms with Gasteiger partial charge in [0.05, 0.1) is 4.90 Å². The van der Waals surface area contributed by atoms with Crippen LogP contribution in [0.1, 0.15) is 11.1 Å². The Kier molecular flexibility index (Phi) is 5.03. The molecule has 0 spiro atoms. The van der Waals surface area contributed by atoms with Gasteiger partial charge in [-0.2, -0.15) is 0 Å². The van der Waals surface area contributed by atoms with Gasteiger partial charge in [-0.05, 0) is 51.3 Å². The van der Waals surface area contributed by atoms with Gasteiger partial charge in [0, 0.05) is 29.5 Å². The summed E-state index contributed by atoms with van der Waals surface area (Å²) in [5.74, 6) is 0. The molecule has 0 amide bonds. The maximum Gasteiger partial charge on any atom is 0.175 e. The first-order valence-electron chi connectivity index (χ1n) is 6.40. The smallest absolute Gasteiger partial charge is 0.175 e. The van der Waals surface area contributed by atoms with Crippen LogP contribution in [0.25, 0.3) is 0 Å². The highest BCUT2D eigenvalue weighted by atomic mass is 79.9. The highest BCUT2D eigenvalue weighted by molar-refractivity contribution is 9.10. The Labute approximate surface area is 133 Å². The second-order valence-corrected chi connectivity index (χ2v) is 7.75. The Hall–Kier alpha value is -1.37. The van der Waals surface area contributed by atoms with Crippen LogP contribution in [0.2, 0.25) is 0 Å². The van der Waals surface area contributed by atoms with Gasteiger partial charge in [-0.1, -0.05) is 18.2 Å². The lowest BCUT2D eigenvalue weighted by Crippen LogP contribution is -2.12. The van der Waals surface area contributed by atoms with Gasteiger partial charge >= 0.3 is 0 Å². The van der Waals surface area contributed by atoms with Crippen molar-refractivity contribution in [3.8, 4) is 0 Å². The summed E-state index contributed by atoms with van der Waals surface area (Å²) in [6.07, 6.45) is 1.21. The van der Waals surface area contributed by atoms with Gasteiger partial charge in [0.2, 0.25) is 0 Å². The summed E-state index contributed by atoms with van der Waals surface area (Å²) in [4.78, 5) is 0.341. The fourth-order valence-electron chi connectivity index (χ4n) is 1.89. The molecule has 2 rings (SSSR count). The summed E-state index contributed by atoms with van der Waals surface area (Å²) in [7, 11) is -3.13. The van der Waals surface area contributed by atoms with E-state index in [1.54, 1.807) is 12.1 Å². The van der Waals surface area contributed by atoms with Crippen LogP contribution >= 0.6 is 15.9 Å². The SMILES string of the molecule is CS(=O)(=O)c1ccc(CNCc2ccc(N)c(Br)c2)cc1. The van der Waals surface area contributed by atoms with Crippen molar-refractivity contribution < 1.29 is 8.42 Å². The van der Waals surface area contributed by atoms with Crippen molar-refractivity contribution in [3.63, 3.8) is 0 Å². The number of anilines is 1. The zero-order valence-corrected chi connectivity index (χ0v) is 14.0. The lowest BCUT2D eigenvalue weighted by atomic mass is 10.2. The van der Waals surface area contributed by atoms with Crippen LogP contribution in [0.5, 0.6) is 0 Å². The Morgan fingerprint density at radius 3 is 2.19 bits per heavy atom. The van der Waals surface area contributed by atoms with E-state index in [9.17, 15) is 8.42 Å². The van der Waals surface area contributed by atoms with Crippen LogP contribution in [0, 0.1) is 0 Å². The summed E-state index contributed by atoms with van der Waals surface area (Å²) >= 11 is 3.40. The van der Waals surface area contributed by atoms with Crippen molar-refractivity contribution in [3.05, 3.63) is 58.1 Å². The molecule has 3 N–H and O–H groups in total. The molecule has 0 aliphatic rings. The molecule has 0 heterocycles. The molecular weight excluding hydrogens is 352 g/mol. The van der Waals surface area contributed by atoms with Crippen molar-refractivity contribution in [1.29, 1.82) is 0 Å². The number of nitrogens with one attached hydrogen (secondary N) is 1. The van der Waals surface area contributed by atoms with Crippen LogP contribution in [0.4, 0.5) is 5.69 Å². The van der Waals surface area contributed by atoms with E-state index in [1.165, 1.54) is 6.26 Å². The third-order valence-corrected chi connectivity index (χ3v) is 4.89. The van der Waals surface area contributed by atoms with Gasteiger partial charge in [-0.25, -0.2) is 8.42 Å². The van der Waals surface area contributed by atoms with E-state index in [4.69, 9.17) is 5.73 Å². The molecule has 0 fully saturated rings. The summed E-state index contributed by atoms with van der Waals surface area (Å²) in [5, 5.41) is 3.31. The van der Waals surface area contributed by atoms with Crippen LogP contribution in [-0.2, 0) is 22.9 Å². The maximum atomic E-state index is 11.4. The highest BCUT2D eigenvalue weighted by Crippen LogP contribution is 2.20. The van der Waals surface area contributed by atoms with Gasteiger partial charge in [0.25, 0.3) is 0 Å². The molecule has 0 unspecified atom stereocenters. The Bertz CT molecular complexity index is 728. The number of nitrogen functional groups attached to an aromatic ring is 1. The highest BCUT2D eigenvalue weighted by Gasteiger charge is 2.05. The predicted octanol–water partition coefficient (Wildman–Crippen LogP) is 2.72. The normalized spacial score (nSPS) is 11.5. The fourth-order valence-corrected chi connectivity index (χ4v) is 2.94. The van der Waals surface area contributed by atoms with Gasteiger partial charge in [-0.15, -0.1) is 0 Å². The molecule has 112 valence electrons. The first-order chi connectivity index (χ1) is 9.86. The van der Waals surface area contributed by atoms with Crippen molar-refractivity contribution in [2.24, 2.45) is 0 Å². The zero-order valence-electron chi connectivity index (χ0n) is 11.6. The molecule has 0 aliphatic heterocycles. The Morgan fingerprint density at radius 2 is 1.62 bits per heavy atom. The zero-order chi connectivity index (χ0) is 15.5. The van der Waals surface area contributed by atoms with Crippen LogP contribution in [-0.4, -0.2) is 14.7 Å². The number of hydrogen-bond acceptors (Lipinski definition) is 4. The monoisotopic (exact) mass is 368 g/mol. The molecule has 0 aliphatic carbocycles. The Morgan fingerprint density at radius 1 is 1.05 bits per heavy atom. The molecule has 21 heavy (non-hydrogen) atoms. The second-order valence-electron chi connectivity index (χ2n) is 4.88. The number of hydrogen-bond donors (Lipinski definition) is 2. The lowest BCUT2D eigenvalue weighted by molar-refractivity contribution is 0.602. The molecule has 0 atom stereocenters. The summed E-state index contributed by atoms with van der Waals surface area (Å²) < 4.78 is 23.6. The minimum atomic E-state index is -3.13.